The lowest BCUT2D eigenvalue weighted by molar-refractivity contribution is -0.0871. The highest BCUT2D eigenvalue weighted by Gasteiger charge is 2.63. The molecular weight excluding hydrogens is 276 g/mol. The second-order valence-electron chi connectivity index (χ2n) is 7.43. The molecule has 0 spiro atoms. The lowest BCUT2D eigenvalue weighted by Gasteiger charge is -2.47. The van der Waals surface area contributed by atoms with Crippen LogP contribution < -0.4 is 0 Å². The quantitative estimate of drug-likeness (QED) is 0.785. The fourth-order valence-corrected chi connectivity index (χ4v) is 5.20. The normalized spacial score (nSPS) is 43.1. The molecule has 5 unspecified atom stereocenters. The number of aliphatic hydroxyl groups is 1. The van der Waals surface area contributed by atoms with Gasteiger partial charge >= 0.3 is 0 Å². The van der Waals surface area contributed by atoms with E-state index in [1.807, 2.05) is 6.92 Å². The number of para-hydroxylation sites is 1. The van der Waals surface area contributed by atoms with Crippen LogP contribution in [0.2, 0.25) is 0 Å². The highest BCUT2D eigenvalue weighted by molar-refractivity contribution is 5.85. The van der Waals surface area contributed by atoms with Crippen molar-refractivity contribution in [3.8, 4) is 0 Å². The van der Waals surface area contributed by atoms with E-state index in [0.29, 0.717) is 6.54 Å². The average Bonchev–Trinajstić information content (AvgIpc) is 2.94. The molecule has 4 aliphatic rings. The molecule has 0 aliphatic carbocycles. The van der Waals surface area contributed by atoms with Crippen LogP contribution in [0.15, 0.2) is 24.3 Å². The van der Waals surface area contributed by atoms with Crippen molar-refractivity contribution in [2.45, 2.75) is 44.1 Å². The Kier molecular flexibility index (Phi) is 2.35. The summed E-state index contributed by atoms with van der Waals surface area (Å²) in [5.41, 5.74) is 2.53. The Balaban J connectivity index is 1.83. The molecule has 2 aromatic rings. The summed E-state index contributed by atoms with van der Waals surface area (Å²) in [5, 5.41) is 12.6. The summed E-state index contributed by atoms with van der Waals surface area (Å²) >= 11 is 0. The Morgan fingerprint density at radius 3 is 3.05 bits per heavy atom. The van der Waals surface area contributed by atoms with Crippen LogP contribution in [0, 0.1) is 5.92 Å². The number of ether oxygens (including phenoxy) is 1. The third kappa shape index (κ3) is 1.39. The molecular formula is C18H22N2O2. The third-order valence-corrected chi connectivity index (χ3v) is 6.30. The summed E-state index contributed by atoms with van der Waals surface area (Å²) in [7, 11) is 0. The van der Waals surface area contributed by atoms with Gasteiger partial charge in [-0.25, -0.2) is 0 Å². The highest BCUT2D eigenvalue weighted by Crippen LogP contribution is 2.55. The van der Waals surface area contributed by atoms with Gasteiger partial charge in [-0.1, -0.05) is 18.2 Å². The van der Waals surface area contributed by atoms with E-state index < -0.39 is 11.2 Å². The standard InChI is InChI=1S/C18H22N2O2/c1-11-18(21)10-20-8-7-15(18)17(2,22-11)16-13(9-20)12-5-3-4-6-14(12)19-16/h3-6,11,15,19,21H,7-10H2,1-2H3. The summed E-state index contributed by atoms with van der Waals surface area (Å²) in [5.74, 6) is 0.151. The van der Waals surface area contributed by atoms with Crippen molar-refractivity contribution in [2.75, 3.05) is 13.1 Å². The predicted molar refractivity (Wildman–Crippen MR) is 84.5 cm³/mol. The van der Waals surface area contributed by atoms with Gasteiger partial charge in [0, 0.05) is 29.9 Å². The van der Waals surface area contributed by atoms with E-state index in [-0.39, 0.29) is 12.0 Å². The summed E-state index contributed by atoms with van der Waals surface area (Å²) in [6.45, 7) is 6.84. The van der Waals surface area contributed by atoms with Crippen molar-refractivity contribution < 1.29 is 9.84 Å². The number of hydrogen-bond donors (Lipinski definition) is 2. The molecule has 5 atom stereocenters. The zero-order chi connectivity index (χ0) is 15.1. The van der Waals surface area contributed by atoms with E-state index in [4.69, 9.17) is 4.74 Å². The van der Waals surface area contributed by atoms with E-state index in [1.165, 1.54) is 22.2 Å². The summed E-state index contributed by atoms with van der Waals surface area (Å²) in [6, 6.07) is 8.48. The molecule has 2 N–H and O–H groups in total. The highest BCUT2D eigenvalue weighted by atomic mass is 16.5. The van der Waals surface area contributed by atoms with Gasteiger partial charge in [0.15, 0.2) is 0 Å². The minimum atomic E-state index is -0.734. The average molecular weight is 298 g/mol. The fourth-order valence-electron chi connectivity index (χ4n) is 5.20. The van der Waals surface area contributed by atoms with Crippen molar-refractivity contribution in [2.24, 2.45) is 5.92 Å². The molecule has 4 bridgehead atoms. The van der Waals surface area contributed by atoms with Gasteiger partial charge < -0.3 is 14.8 Å². The number of H-pyrrole nitrogens is 1. The number of hydrogen-bond acceptors (Lipinski definition) is 3. The first-order valence-corrected chi connectivity index (χ1v) is 8.25. The van der Waals surface area contributed by atoms with Gasteiger partial charge in [0.2, 0.25) is 0 Å². The van der Waals surface area contributed by atoms with Crippen molar-refractivity contribution in [1.29, 1.82) is 0 Å². The summed E-state index contributed by atoms with van der Waals surface area (Å²) < 4.78 is 6.41. The number of nitrogens with one attached hydrogen (secondary N) is 1. The van der Waals surface area contributed by atoms with Crippen molar-refractivity contribution in [3.05, 3.63) is 35.5 Å². The Labute approximate surface area is 130 Å². The molecule has 6 rings (SSSR count). The third-order valence-electron chi connectivity index (χ3n) is 6.30. The lowest BCUT2D eigenvalue weighted by Crippen LogP contribution is -2.58. The Morgan fingerprint density at radius 2 is 2.18 bits per heavy atom. The first kappa shape index (κ1) is 13.1. The smallest absolute Gasteiger partial charge is 0.112 e. The van der Waals surface area contributed by atoms with E-state index in [2.05, 4.69) is 41.1 Å². The molecule has 5 heterocycles. The second kappa shape index (κ2) is 3.94. The van der Waals surface area contributed by atoms with E-state index >= 15 is 0 Å². The van der Waals surface area contributed by atoms with Crippen LogP contribution in [0.3, 0.4) is 0 Å². The maximum Gasteiger partial charge on any atom is 0.112 e. The van der Waals surface area contributed by atoms with Crippen LogP contribution >= 0.6 is 0 Å². The number of piperidine rings is 1. The molecule has 0 radical (unpaired) electrons. The number of fused-ring (bicyclic) bond motifs is 2. The van der Waals surface area contributed by atoms with Gasteiger partial charge in [-0.2, -0.15) is 0 Å². The topological polar surface area (TPSA) is 48.5 Å². The van der Waals surface area contributed by atoms with Crippen LogP contribution in [-0.2, 0) is 16.9 Å². The first-order chi connectivity index (χ1) is 10.5. The molecule has 2 saturated heterocycles. The number of aromatic nitrogens is 1. The maximum atomic E-state index is 11.3. The fraction of sp³-hybridized carbons (Fsp3) is 0.556. The minimum Gasteiger partial charge on any atom is -0.385 e. The van der Waals surface area contributed by atoms with Crippen LogP contribution in [0.5, 0.6) is 0 Å². The lowest BCUT2D eigenvalue weighted by atomic mass is 9.69. The van der Waals surface area contributed by atoms with Gasteiger partial charge in [0.25, 0.3) is 0 Å². The maximum absolute atomic E-state index is 11.3. The molecule has 4 aliphatic heterocycles. The number of aromatic amines is 1. The molecule has 4 nitrogen and oxygen atoms in total. The minimum absolute atomic E-state index is 0.136. The van der Waals surface area contributed by atoms with E-state index in [0.717, 1.165) is 19.5 Å². The van der Waals surface area contributed by atoms with Crippen molar-refractivity contribution in [1.82, 2.24) is 9.88 Å². The molecule has 22 heavy (non-hydrogen) atoms. The van der Waals surface area contributed by atoms with Crippen LogP contribution in [-0.4, -0.2) is 39.8 Å². The van der Waals surface area contributed by atoms with Crippen molar-refractivity contribution >= 4 is 10.9 Å². The second-order valence-corrected chi connectivity index (χ2v) is 7.43. The van der Waals surface area contributed by atoms with Gasteiger partial charge in [0.1, 0.15) is 11.2 Å². The number of nitrogens with zero attached hydrogens (tertiary/aromatic N) is 1. The predicted octanol–water partition coefficient (Wildman–Crippen LogP) is 2.37. The Morgan fingerprint density at radius 1 is 1.36 bits per heavy atom. The van der Waals surface area contributed by atoms with Gasteiger partial charge in [-0.15, -0.1) is 0 Å². The van der Waals surface area contributed by atoms with Gasteiger partial charge in [-0.05, 0) is 38.4 Å². The van der Waals surface area contributed by atoms with Crippen LogP contribution in [0.1, 0.15) is 31.5 Å². The first-order valence-electron chi connectivity index (χ1n) is 8.25. The summed E-state index contributed by atoms with van der Waals surface area (Å²) in [6.07, 6.45) is 0.856. The Bertz CT molecular complexity index is 770. The molecule has 1 aromatic heterocycles. The molecule has 4 heteroatoms. The van der Waals surface area contributed by atoms with Crippen LogP contribution in [0.4, 0.5) is 0 Å². The Hall–Kier alpha value is -1.36. The zero-order valence-electron chi connectivity index (χ0n) is 13.1. The molecule has 2 fully saturated rings. The largest absolute Gasteiger partial charge is 0.385 e. The van der Waals surface area contributed by atoms with E-state index in [1.54, 1.807) is 0 Å². The molecule has 0 amide bonds. The molecule has 116 valence electrons. The van der Waals surface area contributed by atoms with Crippen LogP contribution in [0.25, 0.3) is 10.9 Å². The van der Waals surface area contributed by atoms with Crippen molar-refractivity contribution in [3.63, 3.8) is 0 Å². The van der Waals surface area contributed by atoms with Gasteiger partial charge in [0.05, 0.1) is 11.8 Å². The molecule has 1 aromatic carbocycles. The monoisotopic (exact) mass is 298 g/mol. The van der Waals surface area contributed by atoms with Gasteiger partial charge in [-0.3, -0.25) is 4.90 Å². The summed E-state index contributed by atoms with van der Waals surface area (Å²) in [4.78, 5) is 6.00. The van der Waals surface area contributed by atoms with E-state index in [9.17, 15) is 5.11 Å². The number of benzene rings is 1. The SMILES string of the molecule is CC1OC2(C)c3[nH]c4ccccc4c3CN3CCC2C1(O)C3. The number of rotatable bonds is 0. The zero-order valence-corrected chi connectivity index (χ0v) is 13.1. The molecule has 0 saturated carbocycles.